The first-order valence-electron chi connectivity index (χ1n) is 11.2. The Hall–Kier alpha value is -2.37. The van der Waals surface area contributed by atoms with Crippen molar-refractivity contribution in [1.29, 1.82) is 0 Å². The van der Waals surface area contributed by atoms with Crippen LogP contribution in [0.15, 0.2) is 60.7 Å². The summed E-state index contributed by atoms with van der Waals surface area (Å²) in [5.41, 5.74) is 2.03. The number of fused-ring (bicyclic) bond motifs is 1. The average molecular weight is 423 g/mol. The molecule has 0 aromatic heterocycles. The number of hydrogen-bond donors (Lipinski definition) is 0. The van der Waals surface area contributed by atoms with Crippen LogP contribution < -0.4 is 0 Å². The lowest BCUT2D eigenvalue weighted by Gasteiger charge is -2.46. The predicted octanol–water partition coefficient (Wildman–Crippen LogP) is 4.53. The molecule has 2 heterocycles. The number of benzene rings is 2. The fourth-order valence-electron chi connectivity index (χ4n) is 5.04. The van der Waals surface area contributed by atoms with E-state index >= 15 is 0 Å². The lowest BCUT2D eigenvalue weighted by molar-refractivity contribution is -0.00724. The fourth-order valence-corrected chi connectivity index (χ4v) is 5.04. The maximum absolute atomic E-state index is 13.0. The molecular weight excluding hydrogens is 388 g/mol. The standard InChI is InChI=1S/C26H34N2O3/c1-26(2,3)31-25(29)27-16-21-15-22(30-4)17-28(21)23(18-27)24(19-11-7-5-8-12-19)20-13-9-6-10-14-20/h5-14,21-24H,15-18H2,1-4H3/t21-,22+,23+/m0/s1. The van der Waals surface area contributed by atoms with Crippen molar-refractivity contribution in [3.05, 3.63) is 71.8 Å². The summed E-state index contributed by atoms with van der Waals surface area (Å²) in [5, 5.41) is 0. The van der Waals surface area contributed by atoms with E-state index < -0.39 is 5.60 Å². The van der Waals surface area contributed by atoms with E-state index in [0.29, 0.717) is 13.1 Å². The Kier molecular flexibility index (Phi) is 6.35. The summed E-state index contributed by atoms with van der Waals surface area (Å²) >= 11 is 0. The topological polar surface area (TPSA) is 42.0 Å². The third-order valence-electron chi connectivity index (χ3n) is 6.37. The highest BCUT2D eigenvalue weighted by Crippen LogP contribution is 2.38. The summed E-state index contributed by atoms with van der Waals surface area (Å²) in [6.45, 7) is 7.98. The summed E-state index contributed by atoms with van der Waals surface area (Å²) in [7, 11) is 1.79. The van der Waals surface area contributed by atoms with Gasteiger partial charge >= 0.3 is 6.09 Å². The third-order valence-corrected chi connectivity index (χ3v) is 6.37. The number of piperazine rings is 1. The Balaban J connectivity index is 1.71. The van der Waals surface area contributed by atoms with E-state index in [1.807, 2.05) is 25.7 Å². The first kappa shape index (κ1) is 21.8. The van der Waals surface area contributed by atoms with E-state index in [4.69, 9.17) is 9.47 Å². The molecule has 2 aliphatic rings. The third kappa shape index (κ3) is 4.94. The monoisotopic (exact) mass is 422 g/mol. The molecule has 2 aromatic carbocycles. The van der Waals surface area contributed by atoms with Gasteiger partial charge in [0.25, 0.3) is 0 Å². The van der Waals surface area contributed by atoms with Gasteiger partial charge in [0.2, 0.25) is 0 Å². The van der Waals surface area contributed by atoms with Crippen molar-refractivity contribution in [3.63, 3.8) is 0 Å². The Morgan fingerprint density at radius 1 is 0.935 bits per heavy atom. The summed E-state index contributed by atoms with van der Waals surface area (Å²) in [6.07, 6.45) is 0.902. The summed E-state index contributed by atoms with van der Waals surface area (Å²) in [6, 6.07) is 21.7. The molecule has 31 heavy (non-hydrogen) atoms. The van der Waals surface area contributed by atoms with E-state index in [9.17, 15) is 4.79 Å². The summed E-state index contributed by atoms with van der Waals surface area (Å²) < 4.78 is 11.5. The number of nitrogens with zero attached hydrogens (tertiary/aromatic N) is 2. The van der Waals surface area contributed by atoms with Gasteiger partial charge in [0.15, 0.2) is 0 Å². The van der Waals surface area contributed by atoms with Crippen molar-refractivity contribution >= 4 is 6.09 Å². The van der Waals surface area contributed by atoms with Gasteiger partial charge in [0, 0.05) is 44.7 Å². The van der Waals surface area contributed by atoms with Crippen LogP contribution in [0.3, 0.4) is 0 Å². The smallest absolute Gasteiger partial charge is 0.410 e. The minimum Gasteiger partial charge on any atom is -0.444 e. The number of ether oxygens (including phenoxy) is 2. The molecule has 3 atom stereocenters. The second-order valence-corrected chi connectivity index (χ2v) is 9.70. The van der Waals surface area contributed by atoms with Gasteiger partial charge in [-0.15, -0.1) is 0 Å². The maximum atomic E-state index is 13.0. The van der Waals surface area contributed by atoms with Gasteiger partial charge in [-0.3, -0.25) is 4.90 Å². The maximum Gasteiger partial charge on any atom is 0.410 e. The molecule has 1 amide bonds. The van der Waals surface area contributed by atoms with Crippen LogP contribution in [-0.4, -0.2) is 66.4 Å². The molecular formula is C26H34N2O3. The molecule has 0 aliphatic carbocycles. The van der Waals surface area contributed by atoms with Gasteiger partial charge < -0.3 is 14.4 Å². The van der Waals surface area contributed by atoms with E-state index in [2.05, 4.69) is 65.6 Å². The first-order valence-corrected chi connectivity index (χ1v) is 11.2. The van der Waals surface area contributed by atoms with Crippen molar-refractivity contribution in [2.75, 3.05) is 26.7 Å². The van der Waals surface area contributed by atoms with Crippen LogP contribution in [0.4, 0.5) is 4.79 Å². The number of rotatable bonds is 4. The van der Waals surface area contributed by atoms with Crippen LogP contribution in [0.2, 0.25) is 0 Å². The molecule has 0 N–H and O–H groups in total. The summed E-state index contributed by atoms with van der Waals surface area (Å²) in [5.74, 6) is 0.158. The van der Waals surface area contributed by atoms with Crippen molar-refractivity contribution < 1.29 is 14.3 Å². The van der Waals surface area contributed by atoms with Crippen LogP contribution in [-0.2, 0) is 9.47 Å². The number of carbonyl (C=O) groups is 1. The lowest BCUT2D eigenvalue weighted by atomic mass is 9.82. The second kappa shape index (κ2) is 9.01. The lowest BCUT2D eigenvalue weighted by Crippen LogP contribution is -2.60. The quantitative estimate of drug-likeness (QED) is 0.726. The Labute approximate surface area is 185 Å². The van der Waals surface area contributed by atoms with E-state index in [-0.39, 0.29) is 30.2 Å². The minimum absolute atomic E-state index is 0.149. The zero-order chi connectivity index (χ0) is 22.0. The number of amides is 1. The van der Waals surface area contributed by atoms with Crippen LogP contribution >= 0.6 is 0 Å². The van der Waals surface area contributed by atoms with Crippen LogP contribution in [0, 0.1) is 0 Å². The van der Waals surface area contributed by atoms with Gasteiger partial charge in [0.05, 0.1) is 6.10 Å². The molecule has 2 fully saturated rings. The van der Waals surface area contributed by atoms with E-state index in [1.54, 1.807) is 7.11 Å². The molecule has 5 nitrogen and oxygen atoms in total. The molecule has 166 valence electrons. The Bertz CT molecular complexity index is 826. The molecule has 0 unspecified atom stereocenters. The minimum atomic E-state index is -0.507. The van der Waals surface area contributed by atoms with Gasteiger partial charge in [-0.1, -0.05) is 60.7 Å². The average Bonchev–Trinajstić information content (AvgIpc) is 3.18. The predicted molar refractivity (Wildman–Crippen MR) is 122 cm³/mol. The van der Waals surface area contributed by atoms with Crippen LogP contribution in [0.5, 0.6) is 0 Å². The van der Waals surface area contributed by atoms with E-state index in [0.717, 1.165) is 13.0 Å². The zero-order valence-corrected chi connectivity index (χ0v) is 19.0. The Morgan fingerprint density at radius 2 is 1.52 bits per heavy atom. The fraction of sp³-hybridized carbons (Fsp3) is 0.500. The highest BCUT2D eigenvalue weighted by atomic mass is 16.6. The van der Waals surface area contributed by atoms with Gasteiger partial charge in [-0.25, -0.2) is 4.79 Å². The van der Waals surface area contributed by atoms with Crippen molar-refractivity contribution in [1.82, 2.24) is 9.80 Å². The van der Waals surface area contributed by atoms with Gasteiger partial charge in [0.1, 0.15) is 5.60 Å². The molecule has 0 saturated carbocycles. The Morgan fingerprint density at radius 3 is 2.03 bits per heavy atom. The van der Waals surface area contributed by atoms with Gasteiger partial charge in [-0.2, -0.15) is 0 Å². The molecule has 2 aliphatic heterocycles. The van der Waals surface area contributed by atoms with Crippen LogP contribution in [0.1, 0.15) is 44.2 Å². The molecule has 4 rings (SSSR count). The number of methoxy groups -OCH3 is 1. The van der Waals surface area contributed by atoms with Gasteiger partial charge in [-0.05, 0) is 38.3 Å². The zero-order valence-electron chi connectivity index (χ0n) is 19.0. The van der Waals surface area contributed by atoms with Crippen LogP contribution in [0.25, 0.3) is 0 Å². The normalized spacial score (nSPS) is 24.3. The van der Waals surface area contributed by atoms with Crippen molar-refractivity contribution in [2.24, 2.45) is 0 Å². The molecule has 2 saturated heterocycles. The largest absolute Gasteiger partial charge is 0.444 e. The molecule has 0 spiro atoms. The first-order chi connectivity index (χ1) is 14.9. The van der Waals surface area contributed by atoms with Crippen molar-refractivity contribution in [3.8, 4) is 0 Å². The number of hydrogen-bond acceptors (Lipinski definition) is 4. The highest BCUT2D eigenvalue weighted by Gasteiger charge is 2.46. The van der Waals surface area contributed by atoms with E-state index in [1.165, 1.54) is 11.1 Å². The molecule has 2 aromatic rings. The number of carbonyl (C=O) groups excluding carboxylic acids is 1. The van der Waals surface area contributed by atoms with Crippen molar-refractivity contribution in [2.45, 2.75) is 56.9 Å². The highest BCUT2D eigenvalue weighted by molar-refractivity contribution is 5.68. The SMILES string of the molecule is CO[C@@H]1C[C@H]2CN(C(=O)OC(C)(C)C)C[C@H](C(c3ccccc3)c3ccccc3)N2C1. The molecule has 0 bridgehead atoms. The second-order valence-electron chi connectivity index (χ2n) is 9.70. The molecule has 5 heteroatoms. The molecule has 0 radical (unpaired) electrons. The summed E-state index contributed by atoms with van der Waals surface area (Å²) in [4.78, 5) is 17.5.